The Labute approximate surface area is 124 Å². The molecule has 0 atom stereocenters. The third kappa shape index (κ3) is 3.95. The van der Waals surface area contributed by atoms with Gasteiger partial charge in [-0.3, -0.25) is 0 Å². The van der Waals surface area contributed by atoms with Crippen LogP contribution in [0.25, 0.3) is 0 Å². The molecule has 0 radical (unpaired) electrons. The van der Waals surface area contributed by atoms with Crippen molar-refractivity contribution in [3.05, 3.63) is 11.2 Å². The zero-order valence-corrected chi connectivity index (χ0v) is 13.2. The van der Waals surface area contributed by atoms with Crippen LogP contribution < -0.4 is 5.32 Å². The second kappa shape index (κ2) is 7.62. The molecule has 0 amide bonds. The molecule has 0 saturated heterocycles. The molecule has 4 nitrogen and oxygen atoms in total. The van der Waals surface area contributed by atoms with Crippen LogP contribution in [0.15, 0.2) is 5.51 Å². The minimum Gasteiger partial charge on any atom is -0.461 e. The van der Waals surface area contributed by atoms with Gasteiger partial charge in [-0.25, -0.2) is 9.78 Å². The summed E-state index contributed by atoms with van der Waals surface area (Å²) in [6.45, 7) is 5.41. The van der Waals surface area contributed by atoms with E-state index in [1.165, 1.54) is 43.4 Å². The normalized spacial score (nSPS) is 22.5. The largest absolute Gasteiger partial charge is 0.461 e. The average molecular weight is 296 g/mol. The molecule has 1 aromatic rings. The monoisotopic (exact) mass is 296 g/mol. The minimum atomic E-state index is -0.328. The third-order valence-electron chi connectivity index (χ3n) is 4.13. The van der Waals surface area contributed by atoms with Gasteiger partial charge in [0.15, 0.2) is 5.69 Å². The molecule has 5 heteroatoms. The van der Waals surface area contributed by atoms with E-state index in [2.05, 4.69) is 17.2 Å². The Bertz CT molecular complexity index is 425. The van der Waals surface area contributed by atoms with Crippen molar-refractivity contribution >= 4 is 22.3 Å². The molecule has 2 rings (SSSR count). The van der Waals surface area contributed by atoms with Gasteiger partial charge in [0.2, 0.25) is 0 Å². The van der Waals surface area contributed by atoms with Crippen molar-refractivity contribution in [1.82, 2.24) is 4.98 Å². The summed E-state index contributed by atoms with van der Waals surface area (Å²) in [5, 5.41) is 4.24. The van der Waals surface area contributed by atoms with Crippen molar-refractivity contribution in [2.24, 2.45) is 11.8 Å². The number of ether oxygens (including phenoxy) is 1. The van der Waals surface area contributed by atoms with Gasteiger partial charge in [0.25, 0.3) is 0 Å². The fourth-order valence-electron chi connectivity index (χ4n) is 2.80. The standard InChI is InChI=1S/C15H24N2O2S/c1-3-11-5-7-12(8-6-11)9-16-14-13(17-10-20-14)15(18)19-4-2/h10-12,16H,3-9H2,1-2H3. The first-order valence-corrected chi connectivity index (χ1v) is 8.47. The van der Waals surface area contributed by atoms with Crippen molar-refractivity contribution < 1.29 is 9.53 Å². The highest BCUT2D eigenvalue weighted by Crippen LogP contribution is 2.31. The Balaban J connectivity index is 1.83. The van der Waals surface area contributed by atoms with Gasteiger partial charge in [-0.15, -0.1) is 11.3 Å². The van der Waals surface area contributed by atoms with E-state index in [4.69, 9.17) is 4.74 Å². The van der Waals surface area contributed by atoms with Crippen LogP contribution in [0.3, 0.4) is 0 Å². The minimum absolute atomic E-state index is 0.328. The molecule has 1 N–H and O–H groups in total. The van der Waals surface area contributed by atoms with E-state index < -0.39 is 0 Å². The molecule has 0 aromatic carbocycles. The number of carbonyl (C=O) groups excluding carboxylic acids is 1. The maximum atomic E-state index is 11.7. The van der Waals surface area contributed by atoms with Crippen LogP contribution in [-0.4, -0.2) is 24.1 Å². The van der Waals surface area contributed by atoms with Crippen molar-refractivity contribution in [3.63, 3.8) is 0 Å². The molecule has 1 saturated carbocycles. The number of nitrogens with one attached hydrogen (secondary N) is 1. The highest BCUT2D eigenvalue weighted by molar-refractivity contribution is 7.14. The van der Waals surface area contributed by atoms with Crippen molar-refractivity contribution in [3.8, 4) is 0 Å². The highest BCUT2D eigenvalue weighted by atomic mass is 32.1. The fourth-order valence-corrected chi connectivity index (χ4v) is 3.48. The first-order chi connectivity index (χ1) is 9.74. The molecular weight excluding hydrogens is 272 g/mol. The molecule has 1 aliphatic rings. The molecule has 112 valence electrons. The first-order valence-electron chi connectivity index (χ1n) is 7.59. The first kappa shape index (κ1) is 15.3. The van der Waals surface area contributed by atoms with E-state index >= 15 is 0 Å². The third-order valence-corrected chi connectivity index (χ3v) is 4.92. The second-order valence-electron chi connectivity index (χ2n) is 5.43. The number of thiazole rings is 1. The number of hydrogen-bond acceptors (Lipinski definition) is 5. The van der Waals surface area contributed by atoms with Gasteiger partial charge in [0.05, 0.1) is 12.1 Å². The van der Waals surface area contributed by atoms with E-state index in [0.29, 0.717) is 12.3 Å². The van der Waals surface area contributed by atoms with Crippen molar-refractivity contribution in [2.45, 2.75) is 46.0 Å². The van der Waals surface area contributed by atoms with E-state index in [1.54, 1.807) is 5.51 Å². The van der Waals surface area contributed by atoms with Crippen LogP contribution in [0.2, 0.25) is 0 Å². The number of nitrogens with zero attached hydrogens (tertiary/aromatic N) is 1. The van der Waals surface area contributed by atoms with Crippen LogP contribution in [0.4, 0.5) is 5.00 Å². The maximum Gasteiger partial charge on any atom is 0.360 e. The Morgan fingerprint density at radius 2 is 2.05 bits per heavy atom. The van der Waals surface area contributed by atoms with Gasteiger partial charge in [-0.2, -0.15) is 0 Å². The molecule has 20 heavy (non-hydrogen) atoms. The number of hydrogen-bond donors (Lipinski definition) is 1. The van der Waals surface area contributed by atoms with Crippen molar-refractivity contribution in [1.29, 1.82) is 0 Å². The number of carbonyl (C=O) groups is 1. The molecule has 1 fully saturated rings. The molecule has 0 bridgehead atoms. The van der Waals surface area contributed by atoms with Crippen LogP contribution >= 0.6 is 11.3 Å². The Kier molecular flexibility index (Phi) is 5.83. The molecule has 0 aliphatic heterocycles. The summed E-state index contributed by atoms with van der Waals surface area (Å²) < 4.78 is 5.01. The van der Waals surface area contributed by atoms with E-state index in [1.807, 2.05) is 6.92 Å². The summed E-state index contributed by atoms with van der Waals surface area (Å²) in [4.78, 5) is 15.8. The van der Waals surface area contributed by atoms with Crippen molar-refractivity contribution in [2.75, 3.05) is 18.5 Å². The fraction of sp³-hybridized carbons (Fsp3) is 0.733. The lowest BCUT2D eigenvalue weighted by Gasteiger charge is -2.27. The number of rotatable bonds is 6. The molecule has 0 spiro atoms. The van der Waals surface area contributed by atoms with Gasteiger partial charge in [-0.05, 0) is 31.6 Å². The molecule has 1 aliphatic carbocycles. The van der Waals surface area contributed by atoms with Crippen LogP contribution in [0.1, 0.15) is 56.4 Å². The number of anilines is 1. The average Bonchev–Trinajstić information content (AvgIpc) is 2.94. The van der Waals surface area contributed by atoms with E-state index in [0.717, 1.165) is 23.4 Å². The van der Waals surface area contributed by atoms with Gasteiger partial charge >= 0.3 is 5.97 Å². The summed E-state index contributed by atoms with van der Waals surface area (Å²) in [7, 11) is 0. The summed E-state index contributed by atoms with van der Waals surface area (Å²) >= 11 is 1.47. The van der Waals surface area contributed by atoms with Gasteiger partial charge in [0.1, 0.15) is 5.00 Å². The number of esters is 1. The van der Waals surface area contributed by atoms with Crippen LogP contribution in [0.5, 0.6) is 0 Å². The smallest absolute Gasteiger partial charge is 0.360 e. The maximum absolute atomic E-state index is 11.7. The summed E-state index contributed by atoms with van der Waals surface area (Å²) in [6, 6.07) is 0. The number of aromatic nitrogens is 1. The zero-order valence-electron chi connectivity index (χ0n) is 12.4. The van der Waals surface area contributed by atoms with Crippen LogP contribution in [-0.2, 0) is 4.74 Å². The highest BCUT2D eigenvalue weighted by Gasteiger charge is 2.21. The zero-order chi connectivity index (χ0) is 14.4. The summed E-state index contributed by atoms with van der Waals surface area (Å²) in [5.41, 5.74) is 2.13. The quantitative estimate of drug-likeness (QED) is 0.808. The van der Waals surface area contributed by atoms with E-state index in [-0.39, 0.29) is 5.97 Å². The van der Waals surface area contributed by atoms with E-state index in [9.17, 15) is 4.79 Å². The Morgan fingerprint density at radius 1 is 1.35 bits per heavy atom. The predicted molar refractivity (Wildman–Crippen MR) is 82.3 cm³/mol. The Hall–Kier alpha value is -1.10. The molecular formula is C15H24N2O2S. The van der Waals surface area contributed by atoms with Gasteiger partial charge < -0.3 is 10.1 Å². The molecule has 1 aromatic heterocycles. The lowest BCUT2D eigenvalue weighted by atomic mass is 9.81. The van der Waals surface area contributed by atoms with Gasteiger partial charge in [0, 0.05) is 6.54 Å². The lowest BCUT2D eigenvalue weighted by molar-refractivity contribution is 0.0521. The summed E-state index contributed by atoms with van der Waals surface area (Å²) in [5.74, 6) is 1.31. The Morgan fingerprint density at radius 3 is 2.70 bits per heavy atom. The predicted octanol–water partition coefficient (Wildman–Crippen LogP) is 3.95. The lowest BCUT2D eigenvalue weighted by Crippen LogP contribution is -2.21. The molecule has 0 unspecified atom stereocenters. The second-order valence-corrected chi connectivity index (χ2v) is 6.28. The summed E-state index contributed by atoms with van der Waals surface area (Å²) in [6.07, 6.45) is 6.58. The van der Waals surface area contributed by atoms with Crippen LogP contribution in [0, 0.1) is 11.8 Å². The molecule has 1 heterocycles. The topological polar surface area (TPSA) is 51.2 Å². The SMILES string of the molecule is CCOC(=O)c1ncsc1NCC1CCC(CC)CC1. The van der Waals surface area contributed by atoms with Gasteiger partial charge in [-0.1, -0.05) is 26.2 Å².